The number of pyridine rings is 6. The average Bonchev–Trinajstić information content (AvgIpc) is 0.771. The molecule has 18 aromatic rings. The molecular formula is C92H77ClN6O7Si+6. The smallest absolute Gasteiger partial charge is 0.371 e. The van der Waals surface area contributed by atoms with Gasteiger partial charge in [-0.1, -0.05) is 129 Å². The summed E-state index contributed by atoms with van der Waals surface area (Å²) in [5.74, 6) is 6.86. The molecular weight excluding hydrogens is 1360 g/mol. The molecule has 522 valence electrons. The summed E-state index contributed by atoms with van der Waals surface area (Å²) in [5, 5.41) is 24.4. The molecule has 0 bridgehead atoms. The second-order valence-electron chi connectivity index (χ2n) is 29.3. The lowest BCUT2D eigenvalue weighted by atomic mass is 10.0. The van der Waals surface area contributed by atoms with E-state index < -0.39 is 8.07 Å². The van der Waals surface area contributed by atoms with Gasteiger partial charge in [0.15, 0.2) is 31.5 Å². The molecule has 6 aliphatic rings. The van der Waals surface area contributed by atoms with Crippen LogP contribution in [0.5, 0.6) is 40.4 Å². The van der Waals surface area contributed by atoms with Crippen LogP contribution in [0.25, 0.3) is 130 Å². The predicted molar refractivity (Wildman–Crippen MR) is 427 cm³/mol. The highest BCUT2D eigenvalue weighted by Crippen LogP contribution is 2.42. The summed E-state index contributed by atoms with van der Waals surface area (Å²) in [6.07, 6.45) is 4.15. The topological polar surface area (TPSA) is 87.9 Å². The van der Waals surface area contributed by atoms with Crippen LogP contribution in [0.2, 0.25) is 24.8 Å². The number of methoxy groups -OCH3 is 1. The van der Waals surface area contributed by atoms with E-state index in [1.165, 1.54) is 147 Å². The zero-order chi connectivity index (χ0) is 72.5. The van der Waals surface area contributed by atoms with Crippen LogP contribution >= 0.6 is 11.6 Å². The molecule has 0 radical (unpaired) electrons. The van der Waals surface area contributed by atoms with E-state index >= 15 is 0 Å². The summed E-state index contributed by atoms with van der Waals surface area (Å²) in [6, 6.07) is 82.8. The third kappa shape index (κ3) is 10.9. The maximum atomic E-state index is 6.22. The molecule has 0 amide bonds. The third-order valence-corrected chi connectivity index (χ3v) is 24.1. The third-order valence-electron chi connectivity index (χ3n) is 21.8. The van der Waals surface area contributed by atoms with Crippen LogP contribution in [-0.4, -0.2) is 15.2 Å². The summed E-state index contributed by atoms with van der Waals surface area (Å²) in [7, 11) is 0.295. The molecule has 107 heavy (non-hydrogen) atoms. The summed E-state index contributed by atoms with van der Waals surface area (Å²) in [5.41, 5.74) is 12.4. The highest BCUT2D eigenvalue weighted by molar-refractivity contribution is 6.87. The molecule has 0 N–H and O–H groups in total. The maximum Gasteiger partial charge on any atom is 0.371 e. The van der Waals surface area contributed by atoms with E-state index in [0.717, 1.165) is 51.3 Å². The molecule has 12 heterocycles. The number of benzene rings is 12. The molecule has 0 saturated carbocycles. The van der Waals surface area contributed by atoms with Gasteiger partial charge in [0.1, 0.15) is 34.5 Å². The van der Waals surface area contributed by atoms with Crippen LogP contribution in [-0.2, 0) is 40.4 Å². The number of aromatic nitrogens is 6. The van der Waals surface area contributed by atoms with Gasteiger partial charge in [0, 0.05) is 63.5 Å². The summed E-state index contributed by atoms with van der Waals surface area (Å²) >= 11 is 6.22. The highest BCUT2D eigenvalue weighted by Gasteiger charge is 2.35. The van der Waals surface area contributed by atoms with Crippen molar-refractivity contribution in [1.29, 1.82) is 0 Å². The first-order chi connectivity index (χ1) is 52.2. The molecule has 13 nitrogen and oxygen atoms in total. The first-order valence-corrected chi connectivity index (χ1v) is 40.3. The van der Waals surface area contributed by atoms with Crippen molar-refractivity contribution in [2.75, 3.05) is 7.11 Å². The van der Waals surface area contributed by atoms with Crippen LogP contribution < -0.4 is 65.9 Å². The van der Waals surface area contributed by atoms with E-state index in [2.05, 4.69) is 283 Å². The van der Waals surface area contributed by atoms with E-state index in [0.29, 0.717) is 45.5 Å². The lowest BCUT2D eigenvalue weighted by molar-refractivity contribution is -0.707. The molecule has 0 spiro atoms. The quantitative estimate of drug-likeness (QED) is 0.0737. The Hall–Kier alpha value is -12.2. The van der Waals surface area contributed by atoms with Gasteiger partial charge in [-0.15, -0.1) is 9.13 Å². The van der Waals surface area contributed by atoms with E-state index in [1.54, 1.807) is 7.11 Å². The molecule has 6 aliphatic heterocycles. The summed E-state index contributed by atoms with van der Waals surface area (Å²) < 4.78 is 53.7. The van der Waals surface area contributed by atoms with Crippen molar-refractivity contribution in [3.05, 3.63) is 277 Å². The Balaban J connectivity index is 0.0000000877. The molecule has 0 saturated heterocycles. The van der Waals surface area contributed by atoms with Crippen molar-refractivity contribution in [3.63, 3.8) is 0 Å². The second-order valence-corrected chi connectivity index (χ2v) is 34.7. The fourth-order valence-electron chi connectivity index (χ4n) is 16.6. The molecule has 0 atom stereocenters. The molecule has 12 aromatic carbocycles. The van der Waals surface area contributed by atoms with Gasteiger partial charge in [-0.25, -0.2) is 0 Å². The van der Waals surface area contributed by atoms with Gasteiger partial charge in [0.25, 0.3) is 45.5 Å². The average molecular weight is 1440 g/mol. The molecule has 6 aromatic heterocycles. The van der Waals surface area contributed by atoms with Crippen molar-refractivity contribution in [3.8, 4) is 40.4 Å². The Morgan fingerprint density at radius 2 is 0.626 bits per heavy atom. The Morgan fingerprint density at radius 1 is 0.299 bits per heavy atom. The Labute approximate surface area is 623 Å². The standard InChI is InChI=1S/C17H18NOSi.C16H14NO.C15H12NO2.2C15H12NO.C14H9ClNO/c1-20(2,3)15-10-9-13-8-7-12-5-4-6-14-16(12)17(13)18(15)11-19-14;1-10-3-5-12-7-8-13-6-4-11(2)17-9-18-16(10)14(12)15(13)17;1-17-13-8-7-11-6-5-10-3-2-4-12-14(10)15(11)16(13)9-18-12;2*1-10-4-5-11-6-7-12-3-2-8-16-9-17-15(10)13(11)14(12)16;15-12-7-6-10-5-4-9-2-1-3-11-13(9)14(10)16(12)8-17-11/h4-10H,11H2,1-3H3;3-8H,9H2,1-2H3;2-8H,9H2,1H3;2*2-8H,9H2,1H3;1-7H,8H2/q6*+1. The monoisotopic (exact) mass is 1440 g/mol. The predicted octanol–water partition coefficient (Wildman–Crippen LogP) is 18.2. The number of ether oxygens (including phenoxy) is 7. The zero-order valence-corrected chi connectivity index (χ0v) is 62.6. The Morgan fingerprint density at radius 3 is 1.09 bits per heavy atom. The highest BCUT2D eigenvalue weighted by atomic mass is 35.5. The lowest BCUT2D eigenvalue weighted by Gasteiger charge is -2.21. The number of halogens is 1. The van der Waals surface area contributed by atoms with Gasteiger partial charge >= 0.3 is 5.88 Å². The van der Waals surface area contributed by atoms with E-state index in [-0.39, 0.29) is 0 Å². The SMILES string of the molecule is COc1ccc2ccc3cccc4c3c2[n+]1CO4.C[Si](C)(C)c1ccc2ccc3cccc4c3c2[n+]1CO4.Cc1ccc2ccc3ccc(C)[n+]4c3c2c1OC4.Cc1ccc2ccc3ccc[n+]4c3c2c1OC4.Cc1ccc2ccc3ccc[n+]4c3c2c1OC4.Clc1ccc2ccc3cccc4c3c2[n+]1CO4. The molecule has 0 fully saturated rings. The van der Waals surface area contributed by atoms with Gasteiger partial charge in [0.2, 0.25) is 33.1 Å². The fourth-order valence-corrected chi connectivity index (χ4v) is 18.4. The molecule has 24 rings (SSSR count). The minimum Gasteiger partial charge on any atom is -0.448 e. The van der Waals surface area contributed by atoms with Crippen LogP contribution in [0.4, 0.5) is 0 Å². The first-order valence-electron chi connectivity index (χ1n) is 36.4. The summed E-state index contributed by atoms with van der Waals surface area (Å²) in [4.78, 5) is 0. The van der Waals surface area contributed by atoms with Gasteiger partial charge < -0.3 is 33.2 Å². The number of aryl methyl sites for hydroxylation is 4. The van der Waals surface area contributed by atoms with Crippen LogP contribution in [0.15, 0.2) is 249 Å². The van der Waals surface area contributed by atoms with Gasteiger partial charge in [-0.2, -0.15) is 18.3 Å². The number of hydrogen-bond acceptors (Lipinski definition) is 7. The first kappa shape index (κ1) is 65.5. The fraction of sp³-hybridized carbons (Fsp3) is 0.152. The van der Waals surface area contributed by atoms with Crippen molar-refractivity contribution in [1.82, 2.24) is 0 Å². The Kier molecular flexibility index (Phi) is 15.8. The van der Waals surface area contributed by atoms with Crippen molar-refractivity contribution >= 4 is 155 Å². The number of rotatable bonds is 2. The Bertz CT molecular complexity index is 6460. The van der Waals surface area contributed by atoms with Crippen molar-refractivity contribution in [2.45, 2.75) is 87.7 Å². The number of nitrogens with zero attached hydrogens (tertiary/aromatic N) is 6. The molecule has 0 aliphatic carbocycles. The van der Waals surface area contributed by atoms with Crippen LogP contribution in [0.3, 0.4) is 0 Å². The lowest BCUT2D eigenvalue weighted by Crippen LogP contribution is -2.62. The maximum absolute atomic E-state index is 6.22. The molecule has 0 unspecified atom stereocenters. The second kappa shape index (κ2) is 25.8. The van der Waals surface area contributed by atoms with Gasteiger partial charge in [0.05, 0.1) is 45.5 Å². The van der Waals surface area contributed by atoms with Gasteiger partial charge in [-0.05, 0) is 178 Å². The minimum atomic E-state index is -1.39. The summed E-state index contributed by atoms with van der Waals surface area (Å²) in [6.45, 7) is 19.0. The van der Waals surface area contributed by atoms with E-state index in [9.17, 15) is 0 Å². The van der Waals surface area contributed by atoms with Crippen molar-refractivity contribution < 1.29 is 60.6 Å². The largest absolute Gasteiger partial charge is 0.448 e. The number of hydrogen-bond donors (Lipinski definition) is 0. The normalized spacial score (nSPS) is 13.3. The van der Waals surface area contributed by atoms with Gasteiger partial charge in [-0.3, -0.25) is 0 Å². The minimum absolute atomic E-state index is 0.478. The van der Waals surface area contributed by atoms with E-state index in [4.69, 9.17) is 44.8 Å². The molecule has 15 heteroatoms. The van der Waals surface area contributed by atoms with Crippen LogP contribution in [0, 0.1) is 27.7 Å². The zero-order valence-electron chi connectivity index (χ0n) is 60.8. The van der Waals surface area contributed by atoms with Crippen LogP contribution in [0.1, 0.15) is 22.4 Å². The van der Waals surface area contributed by atoms with Crippen molar-refractivity contribution in [2.24, 2.45) is 0 Å². The van der Waals surface area contributed by atoms with E-state index in [1.807, 2.05) is 41.0 Å².